The molecule has 12 nitrogen and oxygen atoms in total. The molecule has 0 bridgehead atoms. The predicted octanol–water partition coefficient (Wildman–Crippen LogP) is 1.59. The first-order valence-corrected chi connectivity index (χ1v) is 10.9. The number of methoxy groups -OCH3 is 1. The molecule has 1 aliphatic rings. The van der Waals surface area contributed by atoms with Gasteiger partial charge >= 0.3 is 5.76 Å². The number of nitro benzene ring substituents is 1. The molecule has 1 saturated carbocycles. The molecule has 1 amide bonds. The maximum Gasteiger partial charge on any atom is 0.420 e. The Balaban J connectivity index is 1.59. The van der Waals surface area contributed by atoms with Crippen LogP contribution in [0, 0.1) is 10.1 Å². The van der Waals surface area contributed by atoms with Gasteiger partial charge in [0.25, 0.3) is 5.69 Å². The maximum absolute atomic E-state index is 12.6. The summed E-state index contributed by atoms with van der Waals surface area (Å²) >= 11 is 0. The van der Waals surface area contributed by atoms with Crippen molar-refractivity contribution in [1.29, 1.82) is 0 Å². The number of carbonyl (C=O) groups excluding carboxylic acids is 1. The number of fused-ring (bicyclic) bond motifs is 1. The van der Waals surface area contributed by atoms with Crippen molar-refractivity contribution in [2.45, 2.75) is 30.3 Å². The molecule has 32 heavy (non-hydrogen) atoms. The minimum atomic E-state index is -3.76. The second kappa shape index (κ2) is 8.09. The first-order valence-electron chi connectivity index (χ1n) is 9.46. The van der Waals surface area contributed by atoms with Crippen molar-refractivity contribution in [3.63, 3.8) is 0 Å². The molecule has 2 N–H and O–H groups in total. The summed E-state index contributed by atoms with van der Waals surface area (Å²) < 4.78 is 38.7. The summed E-state index contributed by atoms with van der Waals surface area (Å²) in [6, 6.07) is 7.54. The second-order valence-corrected chi connectivity index (χ2v) is 8.88. The molecule has 1 aromatic heterocycles. The van der Waals surface area contributed by atoms with Crippen LogP contribution < -0.4 is 20.5 Å². The van der Waals surface area contributed by atoms with Gasteiger partial charge in [-0.25, -0.2) is 17.9 Å². The van der Waals surface area contributed by atoms with Crippen molar-refractivity contribution in [2.75, 3.05) is 12.4 Å². The van der Waals surface area contributed by atoms with Gasteiger partial charge in [-0.1, -0.05) is 0 Å². The lowest BCUT2D eigenvalue weighted by atomic mass is 10.2. The number of anilines is 1. The summed E-state index contributed by atoms with van der Waals surface area (Å²) in [4.78, 5) is 35.0. The first-order chi connectivity index (χ1) is 15.2. The zero-order chi connectivity index (χ0) is 23.0. The molecule has 4 rings (SSSR count). The fourth-order valence-corrected chi connectivity index (χ4v) is 4.42. The van der Waals surface area contributed by atoms with Gasteiger partial charge in [-0.15, -0.1) is 0 Å². The zero-order valence-corrected chi connectivity index (χ0v) is 17.5. The van der Waals surface area contributed by atoms with E-state index in [1.54, 1.807) is 0 Å². The van der Waals surface area contributed by atoms with Gasteiger partial charge in [-0.2, -0.15) is 0 Å². The van der Waals surface area contributed by atoms with Gasteiger partial charge in [0, 0.05) is 12.1 Å². The average molecular weight is 462 g/mol. The van der Waals surface area contributed by atoms with Gasteiger partial charge < -0.3 is 14.5 Å². The summed E-state index contributed by atoms with van der Waals surface area (Å²) in [5.41, 5.74) is 0.0135. The van der Waals surface area contributed by atoms with E-state index in [9.17, 15) is 28.1 Å². The number of sulfonamides is 1. The summed E-state index contributed by atoms with van der Waals surface area (Å²) in [6.45, 7) is -0.468. The Morgan fingerprint density at radius 3 is 2.69 bits per heavy atom. The number of carbonyl (C=O) groups is 1. The number of benzene rings is 2. The van der Waals surface area contributed by atoms with Crippen molar-refractivity contribution < 1.29 is 27.3 Å². The molecule has 3 aromatic rings. The highest BCUT2D eigenvalue weighted by molar-refractivity contribution is 7.89. The molecule has 1 aliphatic carbocycles. The van der Waals surface area contributed by atoms with E-state index in [-0.39, 0.29) is 39.2 Å². The SMILES string of the molecule is COc1ccc(S(=O)(=O)NC2CC2)cc1NC(=O)Cn1c(=O)oc2cc([N+](=O)[O-])ccc21. The van der Waals surface area contributed by atoms with Crippen LogP contribution >= 0.6 is 0 Å². The van der Waals surface area contributed by atoms with Crippen molar-refractivity contribution in [2.24, 2.45) is 0 Å². The van der Waals surface area contributed by atoms with Crippen LogP contribution in [0.2, 0.25) is 0 Å². The third kappa shape index (κ3) is 4.33. The molecular formula is C19H18N4O8S. The third-order valence-corrected chi connectivity index (χ3v) is 6.34. The van der Waals surface area contributed by atoms with Crippen LogP contribution in [0.25, 0.3) is 11.1 Å². The van der Waals surface area contributed by atoms with Gasteiger partial charge in [-0.3, -0.25) is 19.5 Å². The fraction of sp³-hybridized carbons (Fsp3) is 0.263. The highest BCUT2D eigenvalue weighted by Crippen LogP contribution is 2.29. The van der Waals surface area contributed by atoms with E-state index in [0.717, 1.165) is 23.5 Å². The van der Waals surface area contributed by atoms with Gasteiger partial charge in [-0.05, 0) is 37.1 Å². The molecule has 13 heteroatoms. The molecule has 1 heterocycles. The minimum Gasteiger partial charge on any atom is -0.495 e. The number of rotatable bonds is 8. The van der Waals surface area contributed by atoms with Crippen molar-refractivity contribution in [3.8, 4) is 5.75 Å². The number of hydrogen-bond acceptors (Lipinski definition) is 8. The Kier molecular flexibility index (Phi) is 5.44. The lowest BCUT2D eigenvalue weighted by molar-refractivity contribution is -0.384. The summed E-state index contributed by atoms with van der Waals surface area (Å²) in [5.74, 6) is -1.30. The van der Waals surface area contributed by atoms with E-state index in [1.807, 2.05) is 0 Å². The predicted molar refractivity (Wildman–Crippen MR) is 112 cm³/mol. The standard InChI is InChI=1S/C19H18N4O8S/c1-30-16-7-5-13(32(28,29)21-11-2-3-11)9-14(16)20-18(24)10-22-15-6-4-12(23(26)27)8-17(15)31-19(22)25/h4-9,11,21H,2-3,10H2,1H3,(H,20,24). The van der Waals surface area contributed by atoms with Crippen LogP contribution in [0.1, 0.15) is 12.8 Å². The highest BCUT2D eigenvalue weighted by Gasteiger charge is 2.28. The van der Waals surface area contributed by atoms with Gasteiger partial charge in [0.2, 0.25) is 15.9 Å². The Bertz CT molecular complexity index is 1390. The number of nitrogens with zero attached hydrogens (tertiary/aromatic N) is 2. The smallest absolute Gasteiger partial charge is 0.420 e. The van der Waals surface area contributed by atoms with E-state index >= 15 is 0 Å². The third-order valence-electron chi connectivity index (χ3n) is 4.82. The van der Waals surface area contributed by atoms with E-state index in [0.29, 0.717) is 0 Å². The van der Waals surface area contributed by atoms with E-state index in [1.165, 1.54) is 37.4 Å². The van der Waals surface area contributed by atoms with Crippen LogP contribution in [0.4, 0.5) is 11.4 Å². The van der Waals surface area contributed by atoms with E-state index in [2.05, 4.69) is 10.0 Å². The maximum atomic E-state index is 12.6. The second-order valence-electron chi connectivity index (χ2n) is 7.17. The molecule has 0 atom stereocenters. The van der Waals surface area contributed by atoms with E-state index in [4.69, 9.17) is 9.15 Å². The number of oxazole rings is 1. The summed E-state index contributed by atoms with van der Waals surface area (Å²) in [5, 5.41) is 13.4. The minimum absolute atomic E-state index is 0.0335. The number of amides is 1. The Morgan fingerprint density at radius 1 is 1.28 bits per heavy atom. The number of non-ortho nitro benzene ring substituents is 1. The Hall–Kier alpha value is -3.71. The van der Waals surface area contributed by atoms with Crippen LogP contribution in [-0.4, -0.2) is 37.0 Å². The average Bonchev–Trinajstić information content (AvgIpc) is 3.49. The van der Waals surface area contributed by atoms with Gasteiger partial charge in [0.15, 0.2) is 5.58 Å². The number of nitro groups is 1. The molecule has 0 saturated heterocycles. The largest absolute Gasteiger partial charge is 0.495 e. The molecule has 0 aliphatic heterocycles. The normalized spacial score (nSPS) is 13.8. The molecule has 168 valence electrons. The highest BCUT2D eigenvalue weighted by atomic mass is 32.2. The molecule has 0 unspecified atom stereocenters. The quantitative estimate of drug-likeness (QED) is 0.376. The van der Waals surface area contributed by atoms with Gasteiger partial charge in [0.05, 0.1) is 34.2 Å². The lowest BCUT2D eigenvalue weighted by Gasteiger charge is -2.13. The van der Waals surface area contributed by atoms with Crippen molar-refractivity contribution in [3.05, 3.63) is 57.1 Å². The van der Waals surface area contributed by atoms with Gasteiger partial charge in [0.1, 0.15) is 12.3 Å². The molecule has 0 radical (unpaired) electrons. The first kappa shape index (κ1) is 21.5. The van der Waals surface area contributed by atoms with Crippen LogP contribution in [-0.2, 0) is 21.4 Å². The summed E-state index contributed by atoms with van der Waals surface area (Å²) in [7, 11) is -2.40. The fourth-order valence-electron chi connectivity index (χ4n) is 3.09. The van der Waals surface area contributed by atoms with Crippen molar-refractivity contribution in [1.82, 2.24) is 9.29 Å². The number of hydrogen-bond donors (Lipinski definition) is 2. The Labute approximate surface area is 181 Å². The monoisotopic (exact) mass is 462 g/mol. The number of aromatic nitrogens is 1. The van der Waals surface area contributed by atoms with Crippen molar-refractivity contribution >= 4 is 38.4 Å². The van der Waals surface area contributed by atoms with E-state index < -0.39 is 33.2 Å². The van der Waals surface area contributed by atoms with Crippen LogP contribution in [0.5, 0.6) is 5.75 Å². The molecule has 0 spiro atoms. The number of ether oxygens (including phenoxy) is 1. The zero-order valence-electron chi connectivity index (χ0n) is 16.7. The van der Waals surface area contributed by atoms with Crippen LogP contribution in [0.15, 0.2) is 50.5 Å². The molecular weight excluding hydrogens is 444 g/mol. The Morgan fingerprint density at radius 2 is 2.03 bits per heavy atom. The van der Waals surface area contributed by atoms with Crippen LogP contribution in [0.3, 0.4) is 0 Å². The summed E-state index contributed by atoms with van der Waals surface area (Å²) in [6.07, 6.45) is 1.55. The number of nitrogens with one attached hydrogen (secondary N) is 2. The lowest BCUT2D eigenvalue weighted by Crippen LogP contribution is -2.26. The molecule has 1 fully saturated rings. The molecule has 2 aromatic carbocycles. The topological polar surface area (TPSA) is 163 Å².